The molecule has 0 saturated heterocycles. The summed E-state index contributed by atoms with van der Waals surface area (Å²) in [4.78, 5) is 15.3. The quantitative estimate of drug-likeness (QED) is 0.315. The molecular formula is C26H24ClN3O3. The molecule has 1 aliphatic heterocycles. The van der Waals surface area contributed by atoms with Crippen molar-refractivity contribution >= 4 is 17.5 Å². The number of rotatable bonds is 8. The molecule has 168 valence electrons. The van der Waals surface area contributed by atoms with Gasteiger partial charge in [0.05, 0.1) is 31.2 Å². The first-order valence-electron chi connectivity index (χ1n) is 11.1. The summed E-state index contributed by atoms with van der Waals surface area (Å²) in [7, 11) is 0. The van der Waals surface area contributed by atoms with Crippen molar-refractivity contribution < 1.29 is 13.9 Å². The number of H-pyrrole nitrogens is 1. The second kappa shape index (κ2) is 9.16. The van der Waals surface area contributed by atoms with Gasteiger partial charge < -0.3 is 14.1 Å². The Morgan fingerprint density at radius 1 is 1.15 bits per heavy atom. The van der Waals surface area contributed by atoms with Gasteiger partial charge in [0.1, 0.15) is 17.2 Å². The van der Waals surface area contributed by atoms with E-state index in [0.29, 0.717) is 23.9 Å². The average Bonchev–Trinajstić information content (AvgIpc) is 3.55. The third-order valence-electron chi connectivity index (χ3n) is 5.83. The number of nitrogens with one attached hydrogen (secondary N) is 1. The molecule has 0 spiro atoms. The molecule has 0 bridgehead atoms. The number of aromatic amines is 1. The van der Waals surface area contributed by atoms with Crippen LogP contribution < -0.4 is 4.74 Å². The molecule has 1 amide bonds. The average molecular weight is 462 g/mol. The van der Waals surface area contributed by atoms with Crippen LogP contribution in [0.5, 0.6) is 5.75 Å². The smallest absolute Gasteiger partial charge is 0.273 e. The van der Waals surface area contributed by atoms with Crippen LogP contribution in [0.2, 0.25) is 5.02 Å². The normalized spacial score (nSPS) is 15.2. The molecule has 0 fully saturated rings. The van der Waals surface area contributed by atoms with Gasteiger partial charge in [0.25, 0.3) is 5.91 Å². The van der Waals surface area contributed by atoms with Crippen molar-refractivity contribution in [1.82, 2.24) is 15.1 Å². The van der Waals surface area contributed by atoms with Gasteiger partial charge >= 0.3 is 0 Å². The monoisotopic (exact) mass is 461 g/mol. The standard InChI is InChI=1S/C26H24ClN3O3/c1-2-3-13-32-20-7-4-6-18(15-20)25-22-23(17-9-11-19(27)12-10-17)28-29-24(22)26(31)30(25)16-21-8-5-14-33-21/h4-12,14-15,25H,2-3,13,16H2,1H3,(H,28,29). The molecule has 0 saturated carbocycles. The molecule has 5 rings (SSSR count). The maximum atomic E-state index is 13.5. The van der Waals surface area contributed by atoms with E-state index in [1.807, 2.05) is 65.6 Å². The summed E-state index contributed by atoms with van der Waals surface area (Å²) in [5.74, 6) is 1.39. The van der Waals surface area contributed by atoms with Crippen molar-refractivity contribution in [1.29, 1.82) is 0 Å². The summed E-state index contributed by atoms with van der Waals surface area (Å²) >= 11 is 6.10. The summed E-state index contributed by atoms with van der Waals surface area (Å²) in [6.07, 6.45) is 3.67. The molecule has 33 heavy (non-hydrogen) atoms. The zero-order chi connectivity index (χ0) is 22.8. The third-order valence-corrected chi connectivity index (χ3v) is 6.08. The van der Waals surface area contributed by atoms with E-state index in [0.717, 1.165) is 46.7 Å². The topological polar surface area (TPSA) is 71.4 Å². The van der Waals surface area contributed by atoms with Crippen LogP contribution in [0.4, 0.5) is 0 Å². The number of aromatic nitrogens is 2. The van der Waals surface area contributed by atoms with Gasteiger partial charge in [0.15, 0.2) is 0 Å². The Morgan fingerprint density at radius 2 is 2.00 bits per heavy atom. The van der Waals surface area contributed by atoms with E-state index in [4.69, 9.17) is 20.8 Å². The number of halogens is 1. The lowest BCUT2D eigenvalue weighted by Crippen LogP contribution is -2.29. The summed E-state index contributed by atoms with van der Waals surface area (Å²) < 4.78 is 11.5. The minimum Gasteiger partial charge on any atom is -0.494 e. The summed E-state index contributed by atoms with van der Waals surface area (Å²) in [5.41, 5.74) is 3.93. The number of hydrogen-bond acceptors (Lipinski definition) is 4. The predicted octanol–water partition coefficient (Wildman–Crippen LogP) is 6.25. The Kier molecular flexibility index (Phi) is 5.92. The highest BCUT2D eigenvalue weighted by Gasteiger charge is 2.42. The van der Waals surface area contributed by atoms with Crippen LogP contribution in [-0.4, -0.2) is 27.6 Å². The van der Waals surface area contributed by atoms with Crippen LogP contribution in [0.3, 0.4) is 0 Å². The molecule has 1 unspecified atom stereocenters. The number of carbonyl (C=O) groups is 1. The predicted molar refractivity (Wildman–Crippen MR) is 126 cm³/mol. The van der Waals surface area contributed by atoms with E-state index in [-0.39, 0.29) is 11.9 Å². The van der Waals surface area contributed by atoms with Crippen LogP contribution in [0.25, 0.3) is 11.3 Å². The molecule has 1 aliphatic rings. The Hall–Kier alpha value is -3.51. The Bertz CT molecular complexity index is 1250. The van der Waals surface area contributed by atoms with Gasteiger partial charge in [0.2, 0.25) is 0 Å². The second-order valence-electron chi connectivity index (χ2n) is 8.06. The van der Waals surface area contributed by atoms with Crippen molar-refractivity contribution in [2.45, 2.75) is 32.4 Å². The molecule has 0 aliphatic carbocycles. The second-order valence-corrected chi connectivity index (χ2v) is 8.49. The molecule has 1 N–H and O–H groups in total. The highest BCUT2D eigenvalue weighted by Crippen LogP contribution is 2.44. The molecule has 2 aromatic carbocycles. The van der Waals surface area contributed by atoms with Crippen molar-refractivity contribution in [2.24, 2.45) is 0 Å². The zero-order valence-corrected chi connectivity index (χ0v) is 19.0. The van der Waals surface area contributed by atoms with Gasteiger partial charge in [-0.25, -0.2) is 0 Å². The first-order chi connectivity index (χ1) is 16.2. The number of carbonyl (C=O) groups excluding carboxylic acids is 1. The van der Waals surface area contributed by atoms with E-state index in [1.54, 1.807) is 6.26 Å². The van der Waals surface area contributed by atoms with E-state index in [1.165, 1.54) is 0 Å². The SMILES string of the molecule is CCCCOc1cccc(C2c3c(-c4ccc(Cl)cc4)n[nH]c3C(=O)N2Cc2ccco2)c1. The van der Waals surface area contributed by atoms with Crippen molar-refractivity contribution in [2.75, 3.05) is 6.61 Å². The summed E-state index contributed by atoms with van der Waals surface area (Å²) in [6, 6.07) is 18.8. The fourth-order valence-corrected chi connectivity index (χ4v) is 4.34. The van der Waals surface area contributed by atoms with E-state index < -0.39 is 0 Å². The molecule has 1 atom stereocenters. The van der Waals surface area contributed by atoms with Crippen molar-refractivity contribution in [3.05, 3.63) is 94.5 Å². The number of unbranched alkanes of at least 4 members (excludes halogenated alkanes) is 1. The lowest BCUT2D eigenvalue weighted by Gasteiger charge is -2.26. The fraction of sp³-hybridized carbons (Fsp3) is 0.231. The minimum absolute atomic E-state index is 0.114. The maximum Gasteiger partial charge on any atom is 0.273 e. The van der Waals surface area contributed by atoms with Gasteiger partial charge in [-0.05, 0) is 48.4 Å². The van der Waals surface area contributed by atoms with Crippen LogP contribution in [-0.2, 0) is 6.54 Å². The maximum absolute atomic E-state index is 13.5. The molecule has 4 aromatic rings. The first-order valence-corrected chi connectivity index (χ1v) is 11.4. The van der Waals surface area contributed by atoms with Gasteiger partial charge in [-0.2, -0.15) is 5.10 Å². The first kappa shape index (κ1) is 21.3. The number of hydrogen-bond donors (Lipinski definition) is 1. The molecular weight excluding hydrogens is 438 g/mol. The van der Waals surface area contributed by atoms with Crippen LogP contribution >= 0.6 is 11.6 Å². The molecule has 3 heterocycles. The lowest BCUT2D eigenvalue weighted by atomic mass is 9.96. The summed E-state index contributed by atoms with van der Waals surface area (Å²) in [6.45, 7) is 3.14. The van der Waals surface area contributed by atoms with Crippen LogP contribution in [0.1, 0.15) is 53.2 Å². The zero-order valence-electron chi connectivity index (χ0n) is 18.3. The third kappa shape index (κ3) is 4.14. The molecule has 7 heteroatoms. The van der Waals surface area contributed by atoms with E-state index in [2.05, 4.69) is 17.1 Å². The summed E-state index contributed by atoms with van der Waals surface area (Å²) in [5, 5.41) is 8.14. The number of benzene rings is 2. The Morgan fingerprint density at radius 3 is 2.76 bits per heavy atom. The largest absolute Gasteiger partial charge is 0.494 e. The van der Waals surface area contributed by atoms with Crippen LogP contribution in [0.15, 0.2) is 71.3 Å². The minimum atomic E-state index is -0.336. The van der Waals surface area contributed by atoms with Gasteiger partial charge in [-0.1, -0.05) is 49.2 Å². The number of fused-ring (bicyclic) bond motifs is 1. The number of nitrogens with zero attached hydrogens (tertiary/aromatic N) is 2. The highest BCUT2D eigenvalue weighted by molar-refractivity contribution is 6.30. The number of ether oxygens (including phenoxy) is 1. The number of amides is 1. The lowest BCUT2D eigenvalue weighted by molar-refractivity contribution is 0.0716. The molecule has 6 nitrogen and oxygen atoms in total. The highest BCUT2D eigenvalue weighted by atomic mass is 35.5. The van der Waals surface area contributed by atoms with Crippen molar-refractivity contribution in [3.8, 4) is 17.0 Å². The molecule has 2 aromatic heterocycles. The van der Waals surface area contributed by atoms with Gasteiger partial charge in [0, 0.05) is 16.1 Å². The van der Waals surface area contributed by atoms with E-state index in [9.17, 15) is 4.79 Å². The fourth-order valence-electron chi connectivity index (χ4n) is 4.21. The Balaban J connectivity index is 1.59. The van der Waals surface area contributed by atoms with Crippen LogP contribution in [0, 0.1) is 0 Å². The van der Waals surface area contributed by atoms with Gasteiger partial charge in [-0.3, -0.25) is 9.89 Å². The van der Waals surface area contributed by atoms with Crippen molar-refractivity contribution in [3.63, 3.8) is 0 Å². The van der Waals surface area contributed by atoms with E-state index >= 15 is 0 Å². The molecule has 0 radical (unpaired) electrons. The van der Waals surface area contributed by atoms with Gasteiger partial charge in [-0.15, -0.1) is 0 Å². The Labute approximate surface area is 197 Å². The number of furan rings is 1.